The molecule has 1 fully saturated rings. The van der Waals surface area contributed by atoms with Gasteiger partial charge in [0.1, 0.15) is 0 Å². The highest BCUT2D eigenvalue weighted by molar-refractivity contribution is 6.99. The van der Waals surface area contributed by atoms with E-state index in [1.54, 1.807) is 14.2 Å². The molecule has 2 aromatic carbocycles. The lowest BCUT2D eigenvalue weighted by Crippen LogP contribution is -2.66. The van der Waals surface area contributed by atoms with E-state index in [1.807, 2.05) is 0 Å². The predicted molar refractivity (Wildman–Crippen MR) is 129 cm³/mol. The van der Waals surface area contributed by atoms with Crippen LogP contribution in [-0.4, -0.2) is 54.1 Å². The molecule has 2 aromatic rings. The van der Waals surface area contributed by atoms with E-state index >= 15 is 0 Å². The van der Waals surface area contributed by atoms with Crippen molar-refractivity contribution in [2.75, 3.05) is 27.4 Å². The SMILES string of the molecule is CO[C@@H](CCO[Si](c1ccccc1)(c1ccccc1)C(C)(C)C)C[C@@H](C[C@H]1CO1)OC. The van der Waals surface area contributed by atoms with Crippen molar-refractivity contribution in [1.82, 2.24) is 0 Å². The Kier molecular flexibility index (Phi) is 8.48. The molecule has 170 valence electrons. The second kappa shape index (κ2) is 10.9. The van der Waals surface area contributed by atoms with Crippen molar-refractivity contribution in [3.8, 4) is 0 Å². The van der Waals surface area contributed by atoms with Crippen molar-refractivity contribution in [2.24, 2.45) is 0 Å². The maximum atomic E-state index is 7.00. The molecule has 5 heteroatoms. The van der Waals surface area contributed by atoms with Crippen molar-refractivity contribution in [3.63, 3.8) is 0 Å². The minimum Gasteiger partial charge on any atom is -0.407 e. The van der Waals surface area contributed by atoms with Gasteiger partial charge in [-0.2, -0.15) is 0 Å². The third-order valence-electron chi connectivity index (χ3n) is 6.30. The molecule has 31 heavy (non-hydrogen) atoms. The van der Waals surface area contributed by atoms with Crippen LogP contribution in [0.5, 0.6) is 0 Å². The van der Waals surface area contributed by atoms with Gasteiger partial charge in [-0.1, -0.05) is 81.4 Å². The number of rotatable bonds is 12. The Bertz CT molecular complexity index is 731. The molecular weight excluding hydrogens is 404 g/mol. The fraction of sp³-hybridized carbons (Fsp3) is 0.538. The highest BCUT2D eigenvalue weighted by atomic mass is 28.4. The Hall–Kier alpha value is -1.50. The van der Waals surface area contributed by atoms with Crippen LogP contribution in [0.25, 0.3) is 0 Å². The maximum absolute atomic E-state index is 7.00. The Morgan fingerprint density at radius 1 is 0.903 bits per heavy atom. The molecule has 0 bridgehead atoms. The molecular formula is C26H38O4Si. The summed E-state index contributed by atoms with van der Waals surface area (Å²) < 4.78 is 23.9. The zero-order chi connectivity index (χ0) is 22.3. The molecule has 0 spiro atoms. The topological polar surface area (TPSA) is 40.2 Å². The first-order chi connectivity index (χ1) is 14.9. The van der Waals surface area contributed by atoms with Crippen molar-refractivity contribution in [1.29, 1.82) is 0 Å². The van der Waals surface area contributed by atoms with Gasteiger partial charge >= 0.3 is 0 Å². The summed E-state index contributed by atoms with van der Waals surface area (Å²) in [6.07, 6.45) is 3.25. The molecule has 0 N–H and O–H groups in total. The quantitative estimate of drug-likeness (QED) is 0.366. The van der Waals surface area contributed by atoms with Gasteiger partial charge in [-0.25, -0.2) is 0 Å². The van der Waals surface area contributed by atoms with Crippen LogP contribution in [0.1, 0.15) is 40.0 Å². The van der Waals surface area contributed by atoms with Gasteiger partial charge in [0.25, 0.3) is 8.32 Å². The molecule has 0 saturated carbocycles. The molecule has 1 aliphatic heterocycles. The van der Waals surface area contributed by atoms with Gasteiger partial charge in [-0.05, 0) is 28.3 Å². The summed E-state index contributed by atoms with van der Waals surface area (Å²) in [5, 5.41) is 2.60. The first-order valence-corrected chi connectivity index (χ1v) is 13.2. The van der Waals surface area contributed by atoms with E-state index in [4.69, 9.17) is 18.6 Å². The molecule has 0 aromatic heterocycles. The minimum absolute atomic E-state index is 0.0172. The fourth-order valence-electron chi connectivity index (χ4n) is 4.52. The van der Waals surface area contributed by atoms with Crippen molar-refractivity contribution < 1.29 is 18.6 Å². The standard InChI is InChI=1S/C26H38O4Si/c1-26(2,3)31(24-12-8-6-9-13-24,25-14-10-7-11-15-25)30-17-16-21(27-4)18-22(28-5)19-23-20-29-23/h6-15,21-23H,16-20H2,1-5H3/t21-,22-,23-/m0/s1. The van der Waals surface area contributed by atoms with E-state index in [-0.39, 0.29) is 17.2 Å². The van der Waals surface area contributed by atoms with Gasteiger partial charge in [0.15, 0.2) is 0 Å². The van der Waals surface area contributed by atoms with E-state index in [0.717, 1.165) is 25.9 Å². The maximum Gasteiger partial charge on any atom is 0.261 e. The molecule has 0 amide bonds. The first-order valence-electron chi connectivity index (χ1n) is 11.3. The van der Waals surface area contributed by atoms with E-state index in [0.29, 0.717) is 12.7 Å². The van der Waals surface area contributed by atoms with E-state index in [9.17, 15) is 0 Å². The highest BCUT2D eigenvalue weighted by Crippen LogP contribution is 2.37. The number of ether oxygens (including phenoxy) is 3. The van der Waals surface area contributed by atoms with Crippen LogP contribution in [-0.2, 0) is 18.6 Å². The molecule has 1 heterocycles. The number of benzene rings is 2. The summed E-state index contributed by atoms with van der Waals surface area (Å²) in [6, 6.07) is 21.6. The Labute approximate surface area is 189 Å². The van der Waals surface area contributed by atoms with Crippen molar-refractivity contribution in [3.05, 3.63) is 60.7 Å². The highest BCUT2D eigenvalue weighted by Gasteiger charge is 2.50. The van der Waals surface area contributed by atoms with Crippen LogP contribution >= 0.6 is 0 Å². The molecule has 4 nitrogen and oxygen atoms in total. The molecule has 0 radical (unpaired) electrons. The Balaban J connectivity index is 1.78. The van der Waals surface area contributed by atoms with Gasteiger partial charge < -0.3 is 18.6 Å². The van der Waals surface area contributed by atoms with E-state index in [1.165, 1.54) is 10.4 Å². The lowest BCUT2D eigenvalue weighted by Gasteiger charge is -2.43. The average molecular weight is 443 g/mol. The number of hydrogen-bond acceptors (Lipinski definition) is 4. The third-order valence-corrected chi connectivity index (χ3v) is 11.3. The summed E-state index contributed by atoms with van der Waals surface area (Å²) in [6.45, 7) is 8.44. The number of methoxy groups -OCH3 is 2. The second-order valence-electron chi connectivity index (χ2n) is 9.44. The van der Waals surface area contributed by atoms with Crippen LogP contribution in [0.4, 0.5) is 0 Å². The lowest BCUT2D eigenvalue weighted by molar-refractivity contribution is 0.00700. The van der Waals surface area contributed by atoms with E-state index in [2.05, 4.69) is 81.4 Å². The second-order valence-corrected chi connectivity index (χ2v) is 13.7. The van der Waals surface area contributed by atoms with Gasteiger partial charge in [0.05, 0.1) is 24.9 Å². The summed E-state index contributed by atoms with van der Waals surface area (Å²) in [5.41, 5.74) is 0. The lowest BCUT2D eigenvalue weighted by atomic mass is 10.1. The summed E-state index contributed by atoms with van der Waals surface area (Å²) >= 11 is 0. The van der Waals surface area contributed by atoms with Gasteiger partial charge in [0, 0.05) is 27.2 Å². The summed E-state index contributed by atoms with van der Waals surface area (Å²) in [4.78, 5) is 0. The Morgan fingerprint density at radius 3 is 1.84 bits per heavy atom. The molecule has 0 aliphatic carbocycles. The van der Waals surface area contributed by atoms with Crippen LogP contribution in [0.15, 0.2) is 60.7 Å². The van der Waals surface area contributed by atoms with E-state index < -0.39 is 8.32 Å². The van der Waals surface area contributed by atoms with Crippen LogP contribution < -0.4 is 10.4 Å². The van der Waals surface area contributed by atoms with Crippen molar-refractivity contribution >= 4 is 18.7 Å². The largest absolute Gasteiger partial charge is 0.407 e. The monoisotopic (exact) mass is 442 g/mol. The fourth-order valence-corrected chi connectivity index (χ4v) is 9.10. The normalized spacial score (nSPS) is 18.5. The van der Waals surface area contributed by atoms with Gasteiger partial charge in [0.2, 0.25) is 0 Å². The predicted octanol–water partition coefficient (Wildman–Crippen LogP) is 4.16. The third kappa shape index (κ3) is 6.05. The summed E-state index contributed by atoms with van der Waals surface area (Å²) in [5.74, 6) is 0. The molecule has 3 atom stereocenters. The van der Waals surface area contributed by atoms with Crippen molar-refractivity contribution in [2.45, 2.75) is 63.4 Å². The number of hydrogen-bond donors (Lipinski definition) is 0. The zero-order valence-corrected chi connectivity index (χ0v) is 20.7. The first kappa shape index (κ1) is 24.1. The van der Waals surface area contributed by atoms with Crippen LogP contribution in [0.2, 0.25) is 5.04 Å². The smallest absolute Gasteiger partial charge is 0.261 e. The molecule has 1 aliphatic rings. The zero-order valence-electron chi connectivity index (χ0n) is 19.7. The minimum atomic E-state index is -2.50. The Morgan fingerprint density at radius 2 is 1.42 bits per heavy atom. The van der Waals surface area contributed by atoms with Crippen LogP contribution in [0.3, 0.4) is 0 Å². The van der Waals surface area contributed by atoms with Crippen LogP contribution in [0, 0.1) is 0 Å². The van der Waals surface area contributed by atoms with Gasteiger partial charge in [-0.3, -0.25) is 0 Å². The molecule has 1 saturated heterocycles. The average Bonchev–Trinajstić information content (AvgIpc) is 3.59. The molecule has 3 rings (SSSR count). The summed E-state index contributed by atoms with van der Waals surface area (Å²) in [7, 11) is 1.06. The molecule has 0 unspecified atom stereocenters. The number of epoxide rings is 1. The van der Waals surface area contributed by atoms with Gasteiger partial charge in [-0.15, -0.1) is 0 Å².